The SMILES string of the molecule is Cc1ccc(-c2c(NC3CCCC3=O)c(=O)c2=O)cc1. The molecule has 2 aromatic rings. The van der Waals surface area contributed by atoms with Crippen LogP contribution in [0.1, 0.15) is 24.8 Å². The molecule has 1 atom stereocenters. The average Bonchev–Trinajstić information content (AvgIpc) is 2.85. The molecule has 1 unspecified atom stereocenters. The van der Waals surface area contributed by atoms with Gasteiger partial charge in [-0.1, -0.05) is 29.8 Å². The minimum absolute atomic E-state index is 0.118. The molecule has 4 heteroatoms. The molecule has 1 fully saturated rings. The van der Waals surface area contributed by atoms with Gasteiger partial charge in [-0.2, -0.15) is 0 Å². The van der Waals surface area contributed by atoms with Crippen LogP contribution in [0.15, 0.2) is 33.9 Å². The molecule has 0 amide bonds. The van der Waals surface area contributed by atoms with E-state index in [-0.39, 0.29) is 11.8 Å². The van der Waals surface area contributed by atoms with E-state index in [0.29, 0.717) is 17.7 Å². The summed E-state index contributed by atoms with van der Waals surface area (Å²) in [5, 5.41) is 2.97. The fourth-order valence-corrected chi connectivity index (χ4v) is 2.67. The number of carbonyl (C=O) groups excluding carboxylic acids is 1. The van der Waals surface area contributed by atoms with E-state index in [4.69, 9.17) is 0 Å². The molecule has 2 aromatic carbocycles. The highest BCUT2D eigenvalue weighted by atomic mass is 16.2. The van der Waals surface area contributed by atoms with Crippen LogP contribution in [0.2, 0.25) is 0 Å². The van der Waals surface area contributed by atoms with Crippen molar-refractivity contribution in [2.75, 3.05) is 5.32 Å². The molecular weight excluding hydrogens is 254 g/mol. The van der Waals surface area contributed by atoms with E-state index in [1.807, 2.05) is 31.2 Å². The van der Waals surface area contributed by atoms with Gasteiger partial charge in [-0.3, -0.25) is 14.4 Å². The molecule has 20 heavy (non-hydrogen) atoms. The van der Waals surface area contributed by atoms with Crippen LogP contribution in [0.25, 0.3) is 11.1 Å². The summed E-state index contributed by atoms with van der Waals surface area (Å²) in [5.74, 6) is 0.118. The molecule has 102 valence electrons. The van der Waals surface area contributed by atoms with Crippen molar-refractivity contribution in [1.29, 1.82) is 0 Å². The first-order valence-electron chi connectivity index (χ1n) is 6.77. The summed E-state index contributed by atoms with van der Waals surface area (Å²) in [6.45, 7) is 1.96. The highest BCUT2D eigenvalue weighted by molar-refractivity contribution is 5.91. The third kappa shape index (κ3) is 1.97. The monoisotopic (exact) mass is 269 g/mol. The first-order chi connectivity index (χ1) is 9.58. The molecule has 0 aromatic heterocycles. The molecule has 1 saturated carbocycles. The number of anilines is 1. The van der Waals surface area contributed by atoms with Crippen LogP contribution in [0.4, 0.5) is 5.69 Å². The summed E-state index contributed by atoms with van der Waals surface area (Å²) in [7, 11) is 0. The standard InChI is InChI=1S/C16H15NO3/c1-9-5-7-10(8-6-9)13-14(16(20)15(13)19)17-11-3-2-4-12(11)18/h5-8,11,17H,2-4H2,1H3. The fraction of sp³-hybridized carbons (Fsp3) is 0.312. The Hall–Kier alpha value is -2.23. The van der Waals surface area contributed by atoms with Crippen LogP contribution in [0.3, 0.4) is 0 Å². The van der Waals surface area contributed by atoms with Gasteiger partial charge in [0.2, 0.25) is 10.9 Å². The maximum Gasteiger partial charge on any atom is 0.250 e. The number of nitrogens with one attached hydrogen (secondary N) is 1. The van der Waals surface area contributed by atoms with Crippen molar-refractivity contribution < 1.29 is 4.79 Å². The molecule has 1 aliphatic carbocycles. The molecule has 3 rings (SSSR count). The van der Waals surface area contributed by atoms with Crippen molar-refractivity contribution in [1.82, 2.24) is 0 Å². The Morgan fingerprint density at radius 3 is 2.35 bits per heavy atom. The van der Waals surface area contributed by atoms with Crippen LogP contribution in [0.5, 0.6) is 0 Å². The number of hydrogen-bond acceptors (Lipinski definition) is 4. The molecule has 0 saturated heterocycles. The van der Waals surface area contributed by atoms with Gasteiger partial charge in [-0.15, -0.1) is 0 Å². The van der Waals surface area contributed by atoms with E-state index in [1.165, 1.54) is 0 Å². The predicted octanol–water partition coefficient (Wildman–Crippen LogP) is 1.79. The van der Waals surface area contributed by atoms with Crippen molar-refractivity contribution in [2.45, 2.75) is 32.2 Å². The number of hydrogen-bond donors (Lipinski definition) is 1. The Kier molecular flexibility index (Phi) is 3.01. The second-order valence-electron chi connectivity index (χ2n) is 5.33. The van der Waals surface area contributed by atoms with Crippen LogP contribution < -0.4 is 16.2 Å². The van der Waals surface area contributed by atoms with E-state index < -0.39 is 10.9 Å². The smallest absolute Gasteiger partial charge is 0.250 e. The van der Waals surface area contributed by atoms with E-state index in [2.05, 4.69) is 5.32 Å². The largest absolute Gasteiger partial charge is 0.371 e. The van der Waals surface area contributed by atoms with Crippen molar-refractivity contribution in [3.8, 4) is 11.1 Å². The van der Waals surface area contributed by atoms with Crippen molar-refractivity contribution in [3.05, 3.63) is 50.3 Å². The third-order valence-electron chi connectivity index (χ3n) is 3.87. The van der Waals surface area contributed by atoms with E-state index in [0.717, 1.165) is 24.0 Å². The molecule has 1 N–H and O–H groups in total. The topological polar surface area (TPSA) is 63.2 Å². The summed E-state index contributed by atoms with van der Waals surface area (Å²) < 4.78 is 0. The Labute approximate surface area is 116 Å². The lowest BCUT2D eigenvalue weighted by molar-refractivity contribution is -0.118. The van der Waals surface area contributed by atoms with E-state index in [9.17, 15) is 14.4 Å². The van der Waals surface area contributed by atoms with Crippen LogP contribution in [-0.2, 0) is 4.79 Å². The molecule has 4 nitrogen and oxygen atoms in total. The summed E-state index contributed by atoms with van der Waals surface area (Å²) in [6, 6.07) is 7.14. The minimum Gasteiger partial charge on any atom is -0.371 e. The third-order valence-corrected chi connectivity index (χ3v) is 3.87. The van der Waals surface area contributed by atoms with Gasteiger partial charge in [-0.05, 0) is 25.3 Å². The maximum absolute atomic E-state index is 11.8. The number of rotatable bonds is 3. The van der Waals surface area contributed by atoms with Gasteiger partial charge in [0.05, 0.1) is 17.3 Å². The summed E-state index contributed by atoms with van der Waals surface area (Å²) in [6.07, 6.45) is 2.11. The predicted molar refractivity (Wildman–Crippen MR) is 77.8 cm³/mol. The first kappa shape index (κ1) is 12.8. The summed E-state index contributed by atoms with van der Waals surface area (Å²) in [4.78, 5) is 35.2. The summed E-state index contributed by atoms with van der Waals surface area (Å²) in [5.41, 5.74) is 1.55. The van der Waals surface area contributed by atoms with Crippen LogP contribution in [-0.4, -0.2) is 11.8 Å². The van der Waals surface area contributed by atoms with Gasteiger partial charge in [0.1, 0.15) is 0 Å². The second-order valence-corrected chi connectivity index (χ2v) is 5.33. The zero-order chi connectivity index (χ0) is 14.3. The fourth-order valence-electron chi connectivity index (χ4n) is 2.67. The highest BCUT2D eigenvalue weighted by Gasteiger charge is 2.29. The van der Waals surface area contributed by atoms with Gasteiger partial charge in [0.15, 0.2) is 5.78 Å². The van der Waals surface area contributed by atoms with Crippen molar-refractivity contribution >= 4 is 11.5 Å². The van der Waals surface area contributed by atoms with Gasteiger partial charge < -0.3 is 5.32 Å². The lowest BCUT2D eigenvalue weighted by atomic mass is 9.97. The van der Waals surface area contributed by atoms with Gasteiger partial charge in [0, 0.05) is 6.42 Å². The molecular formula is C16H15NO3. The first-order valence-corrected chi connectivity index (χ1v) is 6.77. The molecule has 0 heterocycles. The van der Waals surface area contributed by atoms with Gasteiger partial charge in [-0.25, -0.2) is 0 Å². The second kappa shape index (κ2) is 4.71. The highest BCUT2D eigenvalue weighted by Crippen LogP contribution is 2.26. The Balaban J connectivity index is 1.95. The van der Waals surface area contributed by atoms with E-state index in [1.54, 1.807) is 0 Å². The van der Waals surface area contributed by atoms with Gasteiger partial charge in [0.25, 0.3) is 0 Å². The number of benzene rings is 1. The number of aryl methyl sites for hydroxylation is 1. The molecule has 0 radical (unpaired) electrons. The maximum atomic E-state index is 11.8. The van der Waals surface area contributed by atoms with E-state index >= 15 is 0 Å². The molecule has 0 spiro atoms. The quantitative estimate of drug-likeness (QED) is 0.863. The van der Waals surface area contributed by atoms with Gasteiger partial charge >= 0.3 is 0 Å². The molecule has 0 bridgehead atoms. The number of carbonyl (C=O) groups is 1. The average molecular weight is 269 g/mol. The Morgan fingerprint density at radius 2 is 1.75 bits per heavy atom. The Bertz CT molecular complexity index is 736. The van der Waals surface area contributed by atoms with Crippen molar-refractivity contribution in [3.63, 3.8) is 0 Å². The minimum atomic E-state index is -0.514. The zero-order valence-electron chi connectivity index (χ0n) is 11.2. The number of ketones is 1. The van der Waals surface area contributed by atoms with Crippen molar-refractivity contribution in [2.24, 2.45) is 0 Å². The Morgan fingerprint density at radius 1 is 1.05 bits per heavy atom. The van der Waals surface area contributed by atoms with Crippen LogP contribution >= 0.6 is 0 Å². The summed E-state index contributed by atoms with van der Waals surface area (Å²) >= 11 is 0. The molecule has 0 aliphatic heterocycles. The lowest BCUT2D eigenvalue weighted by Crippen LogP contribution is -2.39. The lowest BCUT2D eigenvalue weighted by Gasteiger charge is -2.17. The zero-order valence-corrected chi connectivity index (χ0v) is 11.2. The number of Topliss-reactive ketones (excluding diaryl/α,β-unsaturated/α-hetero) is 1. The molecule has 1 aliphatic rings. The normalized spacial score (nSPS) is 18.6. The van der Waals surface area contributed by atoms with Crippen LogP contribution in [0, 0.1) is 6.92 Å².